The van der Waals surface area contributed by atoms with Gasteiger partial charge >= 0.3 is 0 Å². The summed E-state index contributed by atoms with van der Waals surface area (Å²) in [5.74, 6) is 0.726. The molecule has 1 saturated heterocycles. The van der Waals surface area contributed by atoms with E-state index in [-0.39, 0.29) is 6.10 Å². The van der Waals surface area contributed by atoms with E-state index in [2.05, 4.69) is 10.3 Å². The van der Waals surface area contributed by atoms with Crippen LogP contribution in [0.15, 0.2) is 24.3 Å². The van der Waals surface area contributed by atoms with Crippen molar-refractivity contribution in [2.75, 3.05) is 13.7 Å². The molecule has 0 bridgehead atoms. The lowest BCUT2D eigenvalue weighted by Crippen LogP contribution is -2.09. The first kappa shape index (κ1) is 12.8. The summed E-state index contributed by atoms with van der Waals surface area (Å²) in [6.45, 7) is 0.701. The number of carbonyl (C=O) groups excluding carboxylic acids is 1. The second-order valence-corrected chi connectivity index (χ2v) is 4.59. The molecule has 1 atom stereocenters. The van der Waals surface area contributed by atoms with Crippen LogP contribution in [-0.2, 0) is 4.74 Å². The summed E-state index contributed by atoms with van der Waals surface area (Å²) >= 11 is 0. The predicted octanol–water partition coefficient (Wildman–Crippen LogP) is 1.94. The van der Waals surface area contributed by atoms with E-state index in [4.69, 9.17) is 9.47 Å². The van der Waals surface area contributed by atoms with Crippen LogP contribution in [0.3, 0.4) is 0 Å². The van der Waals surface area contributed by atoms with Crippen LogP contribution in [-0.4, -0.2) is 35.0 Å². The lowest BCUT2D eigenvalue weighted by atomic mass is 10.1. The first-order valence-electron chi connectivity index (χ1n) is 6.50. The molecule has 1 unspecified atom stereocenters. The molecule has 0 radical (unpaired) electrons. The normalized spacial score (nSPS) is 18.1. The van der Waals surface area contributed by atoms with Crippen molar-refractivity contribution in [3.05, 3.63) is 35.7 Å². The Morgan fingerprint density at radius 3 is 3.10 bits per heavy atom. The summed E-state index contributed by atoms with van der Waals surface area (Å²) in [6, 6.07) is 7.47. The van der Waals surface area contributed by atoms with Gasteiger partial charge in [-0.05, 0) is 25.0 Å². The number of aromatic nitrogens is 3. The van der Waals surface area contributed by atoms with Crippen LogP contribution < -0.4 is 4.74 Å². The van der Waals surface area contributed by atoms with E-state index in [1.807, 2.05) is 24.3 Å². The molecule has 0 saturated carbocycles. The summed E-state index contributed by atoms with van der Waals surface area (Å²) in [7, 11) is 1.61. The second-order valence-electron chi connectivity index (χ2n) is 4.59. The molecule has 20 heavy (non-hydrogen) atoms. The number of hydrogen-bond donors (Lipinski definition) is 0. The number of carbonyl (C=O) groups is 1. The van der Waals surface area contributed by atoms with E-state index in [0.717, 1.165) is 30.6 Å². The second kappa shape index (κ2) is 5.42. The number of ether oxygens (including phenoxy) is 2. The van der Waals surface area contributed by atoms with Crippen molar-refractivity contribution in [1.29, 1.82) is 0 Å². The standard InChI is InChI=1S/C14H15N3O3/c1-19-11-5-2-4-10(8-11)17-14(12(9-18)15-16-17)13-6-3-7-20-13/h2,4-5,8-9,13H,3,6-7H2,1H3. The molecule has 104 valence electrons. The fraction of sp³-hybridized carbons (Fsp3) is 0.357. The van der Waals surface area contributed by atoms with Crippen molar-refractivity contribution < 1.29 is 14.3 Å². The maximum Gasteiger partial charge on any atom is 0.172 e. The van der Waals surface area contributed by atoms with E-state index in [1.54, 1.807) is 11.8 Å². The van der Waals surface area contributed by atoms with E-state index in [0.29, 0.717) is 18.0 Å². The summed E-state index contributed by atoms with van der Waals surface area (Å²) < 4.78 is 12.5. The van der Waals surface area contributed by atoms with Crippen LogP contribution in [0.4, 0.5) is 0 Å². The number of nitrogens with zero attached hydrogens (tertiary/aromatic N) is 3. The van der Waals surface area contributed by atoms with Crippen molar-refractivity contribution in [1.82, 2.24) is 15.0 Å². The molecule has 2 heterocycles. The van der Waals surface area contributed by atoms with Crippen molar-refractivity contribution in [3.63, 3.8) is 0 Å². The molecule has 1 aromatic heterocycles. The Balaban J connectivity index is 2.08. The Labute approximate surface area is 116 Å². The minimum atomic E-state index is -0.128. The molecule has 0 N–H and O–H groups in total. The van der Waals surface area contributed by atoms with Crippen molar-refractivity contribution >= 4 is 6.29 Å². The van der Waals surface area contributed by atoms with Gasteiger partial charge in [0.25, 0.3) is 0 Å². The molecular formula is C14H15N3O3. The Morgan fingerprint density at radius 2 is 2.40 bits per heavy atom. The van der Waals surface area contributed by atoms with Crippen LogP contribution in [0.1, 0.15) is 35.1 Å². The average molecular weight is 273 g/mol. The maximum absolute atomic E-state index is 11.2. The minimum absolute atomic E-state index is 0.128. The smallest absolute Gasteiger partial charge is 0.172 e. The van der Waals surface area contributed by atoms with E-state index < -0.39 is 0 Å². The van der Waals surface area contributed by atoms with Crippen molar-refractivity contribution in [2.24, 2.45) is 0 Å². The lowest BCUT2D eigenvalue weighted by molar-refractivity contribution is 0.102. The van der Waals surface area contributed by atoms with E-state index in [1.165, 1.54) is 0 Å². The van der Waals surface area contributed by atoms with Crippen molar-refractivity contribution in [2.45, 2.75) is 18.9 Å². The van der Waals surface area contributed by atoms with Crippen molar-refractivity contribution in [3.8, 4) is 11.4 Å². The number of methoxy groups -OCH3 is 1. The van der Waals surface area contributed by atoms with E-state index in [9.17, 15) is 4.79 Å². The molecule has 3 rings (SSSR count). The maximum atomic E-state index is 11.2. The van der Waals surface area contributed by atoms with Crippen LogP contribution >= 0.6 is 0 Å². The lowest BCUT2D eigenvalue weighted by Gasteiger charge is -2.13. The minimum Gasteiger partial charge on any atom is -0.497 e. The van der Waals surface area contributed by atoms with Crippen LogP contribution in [0, 0.1) is 0 Å². The van der Waals surface area contributed by atoms with Gasteiger partial charge in [0.1, 0.15) is 17.5 Å². The van der Waals surface area contributed by atoms with Crippen LogP contribution in [0.5, 0.6) is 5.75 Å². The Hall–Kier alpha value is -2.21. The van der Waals surface area contributed by atoms with Crippen LogP contribution in [0.25, 0.3) is 5.69 Å². The molecule has 0 amide bonds. The van der Waals surface area contributed by atoms with Gasteiger partial charge in [0, 0.05) is 12.7 Å². The summed E-state index contributed by atoms with van der Waals surface area (Å²) in [5, 5.41) is 8.01. The molecule has 1 aromatic carbocycles. The molecule has 6 nitrogen and oxygen atoms in total. The summed E-state index contributed by atoms with van der Waals surface area (Å²) in [5.41, 5.74) is 1.85. The zero-order valence-corrected chi connectivity index (χ0v) is 11.2. The highest BCUT2D eigenvalue weighted by molar-refractivity contribution is 5.73. The zero-order valence-electron chi connectivity index (χ0n) is 11.2. The molecule has 1 aliphatic rings. The quantitative estimate of drug-likeness (QED) is 0.796. The van der Waals surface area contributed by atoms with Crippen LogP contribution in [0.2, 0.25) is 0 Å². The van der Waals surface area contributed by atoms with Gasteiger partial charge in [0.15, 0.2) is 12.0 Å². The SMILES string of the molecule is COc1cccc(-n2nnc(C=O)c2C2CCCO2)c1. The molecular weight excluding hydrogens is 258 g/mol. The van der Waals surface area contributed by atoms with Gasteiger partial charge < -0.3 is 9.47 Å². The zero-order chi connectivity index (χ0) is 13.9. The highest BCUT2D eigenvalue weighted by atomic mass is 16.5. The third-order valence-corrected chi connectivity index (χ3v) is 3.38. The molecule has 0 spiro atoms. The molecule has 1 aliphatic heterocycles. The molecule has 0 aliphatic carbocycles. The highest BCUT2D eigenvalue weighted by Gasteiger charge is 2.27. The third kappa shape index (κ3) is 2.18. The number of aldehydes is 1. The fourth-order valence-electron chi connectivity index (χ4n) is 2.41. The summed E-state index contributed by atoms with van der Waals surface area (Å²) in [6.07, 6.45) is 2.45. The van der Waals surface area contributed by atoms with Gasteiger partial charge in [-0.2, -0.15) is 0 Å². The predicted molar refractivity (Wildman–Crippen MR) is 71.2 cm³/mol. The number of benzene rings is 1. The Kier molecular flexibility index (Phi) is 3.47. The van der Waals surface area contributed by atoms with E-state index >= 15 is 0 Å². The Bertz CT molecular complexity index is 618. The highest BCUT2D eigenvalue weighted by Crippen LogP contribution is 2.31. The summed E-state index contributed by atoms with van der Waals surface area (Å²) in [4.78, 5) is 11.2. The number of hydrogen-bond acceptors (Lipinski definition) is 5. The topological polar surface area (TPSA) is 66.2 Å². The van der Waals surface area contributed by atoms with Gasteiger partial charge in [-0.25, -0.2) is 4.68 Å². The fourth-order valence-corrected chi connectivity index (χ4v) is 2.41. The first-order chi connectivity index (χ1) is 9.83. The van der Waals surface area contributed by atoms with Gasteiger partial charge in [0.2, 0.25) is 0 Å². The van der Waals surface area contributed by atoms with Gasteiger partial charge in [-0.15, -0.1) is 5.10 Å². The molecule has 2 aromatic rings. The third-order valence-electron chi connectivity index (χ3n) is 3.38. The van der Waals surface area contributed by atoms with Gasteiger partial charge in [0.05, 0.1) is 12.8 Å². The molecule has 6 heteroatoms. The Morgan fingerprint density at radius 1 is 1.50 bits per heavy atom. The van der Waals surface area contributed by atoms with Gasteiger partial charge in [-0.1, -0.05) is 11.3 Å². The number of rotatable bonds is 4. The first-order valence-corrected chi connectivity index (χ1v) is 6.50. The van der Waals surface area contributed by atoms with Gasteiger partial charge in [-0.3, -0.25) is 4.79 Å². The average Bonchev–Trinajstić information content (AvgIpc) is 3.15. The molecule has 1 fully saturated rings. The largest absolute Gasteiger partial charge is 0.497 e. The monoisotopic (exact) mass is 273 g/mol.